The zero-order valence-corrected chi connectivity index (χ0v) is 10.9. The van der Waals surface area contributed by atoms with Gasteiger partial charge in [-0.1, -0.05) is 34.1 Å². The molecule has 3 heteroatoms. The van der Waals surface area contributed by atoms with E-state index in [0.29, 0.717) is 11.8 Å². The number of nitrogens with one attached hydrogen (secondary N) is 1. The van der Waals surface area contributed by atoms with Gasteiger partial charge in [0.2, 0.25) is 0 Å². The summed E-state index contributed by atoms with van der Waals surface area (Å²) in [7, 11) is 0. The molecule has 3 atom stereocenters. The van der Waals surface area contributed by atoms with Crippen molar-refractivity contribution in [1.29, 1.82) is 0 Å². The minimum absolute atomic E-state index is 0.251. The van der Waals surface area contributed by atoms with Crippen LogP contribution in [0, 0.1) is 17.8 Å². The Morgan fingerprint density at radius 3 is 2.56 bits per heavy atom. The molecule has 3 nitrogen and oxygen atoms in total. The molecule has 0 radical (unpaired) electrons. The molecule has 0 aromatic rings. The lowest BCUT2D eigenvalue weighted by Crippen LogP contribution is -2.61. The summed E-state index contributed by atoms with van der Waals surface area (Å²) in [6.07, 6.45) is 2.94. The predicted octanol–water partition coefficient (Wildman–Crippen LogP) is 2.51. The van der Waals surface area contributed by atoms with Gasteiger partial charge >= 0.3 is 5.97 Å². The van der Waals surface area contributed by atoms with Gasteiger partial charge in [-0.3, -0.25) is 4.79 Å². The molecule has 0 saturated heterocycles. The minimum Gasteiger partial charge on any atom is -0.480 e. The molecule has 16 heavy (non-hydrogen) atoms. The second-order valence-electron chi connectivity index (χ2n) is 5.54. The quantitative estimate of drug-likeness (QED) is 0.776. The third-order valence-electron chi connectivity index (χ3n) is 3.95. The van der Waals surface area contributed by atoms with Crippen molar-refractivity contribution in [2.24, 2.45) is 17.8 Å². The van der Waals surface area contributed by atoms with Crippen LogP contribution < -0.4 is 5.32 Å². The predicted molar refractivity (Wildman–Crippen MR) is 65.4 cm³/mol. The SMILES string of the molecule is CCNC1(C(=O)O)CC(C)CCC1C(C)C. The summed E-state index contributed by atoms with van der Waals surface area (Å²) in [5.74, 6) is 0.508. The molecule has 2 N–H and O–H groups in total. The molecule has 0 aromatic heterocycles. The van der Waals surface area contributed by atoms with Crippen molar-refractivity contribution in [3.05, 3.63) is 0 Å². The van der Waals surface area contributed by atoms with Crippen LogP contribution in [0.5, 0.6) is 0 Å². The van der Waals surface area contributed by atoms with Gasteiger partial charge in [-0.2, -0.15) is 0 Å². The molecule has 1 fully saturated rings. The van der Waals surface area contributed by atoms with Crippen molar-refractivity contribution in [2.75, 3.05) is 6.54 Å². The fourth-order valence-corrected chi connectivity index (χ4v) is 3.26. The molecule has 0 amide bonds. The van der Waals surface area contributed by atoms with E-state index in [0.717, 1.165) is 25.8 Å². The van der Waals surface area contributed by atoms with Crippen molar-refractivity contribution in [3.8, 4) is 0 Å². The molecule has 0 aliphatic heterocycles. The molecule has 1 aliphatic carbocycles. The molecular formula is C13H25NO2. The van der Waals surface area contributed by atoms with Gasteiger partial charge in [0.1, 0.15) is 5.54 Å². The summed E-state index contributed by atoms with van der Waals surface area (Å²) in [5.41, 5.74) is -0.694. The second-order valence-corrected chi connectivity index (χ2v) is 5.54. The Morgan fingerprint density at radius 1 is 1.50 bits per heavy atom. The Balaban J connectivity index is 3.00. The summed E-state index contributed by atoms with van der Waals surface area (Å²) in [6.45, 7) is 9.14. The van der Waals surface area contributed by atoms with Gasteiger partial charge in [-0.05, 0) is 37.1 Å². The van der Waals surface area contributed by atoms with E-state index in [1.807, 2.05) is 6.92 Å². The number of likely N-dealkylation sites (N-methyl/N-ethyl adjacent to an activating group) is 1. The molecule has 0 spiro atoms. The van der Waals surface area contributed by atoms with Crippen molar-refractivity contribution in [3.63, 3.8) is 0 Å². The lowest BCUT2D eigenvalue weighted by molar-refractivity contribution is -0.151. The largest absolute Gasteiger partial charge is 0.480 e. The highest BCUT2D eigenvalue weighted by Gasteiger charge is 2.49. The number of rotatable bonds is 4. The number of aliphatic carboxylic acids is 1. The Labute approximate surface area is 98.6 Å². The van der Waals surface area contributed by atoms with E-state index in [-0.39, 0.29) is 5.92 Å². The highest BCUT2D eigenvalue weighted by atomic mass is 16.4. The number of carboxylic acid groups (broad SMARTS) is 1. The molecule has 3 unspecified atom stereocenters. The van der Waals surface area contributed by atoms with Crippen molar-refractivity contribution in [1.82, 2.24) is 5.32 Å². The van der Waals surface area contributed by atoms with E-state index in [1.54, 1.807) is 0 Å². The number of hydrogen-bond acceptors (Lipinski definition) is 2. The molecule has 0 bridgehead atoms. The van der Waals surface area contributed by atoms with Crippen molar-refractivity contribution in [2.45, 2.75) is 52.5 Å². The zero-order chi connectivity index (χ0) is 12.3. The summed E-state index contributed by atoms with van der Waals surface area (Å²) >= 11 is 0. The fraction of sp³-hybridized carbons (Fsp3) is 0.923. The fourth-order valence-electron chi connectivity index (χ4n) is 3.26. The number of hydrogen-bond donors (Lipinski definition) is 2. The van der Waals surface area contributed by atoms with Gasteiger partial charge in [0, 0.05) is 0 Å². The highest BCUT2D eigenvalue weighted by Crippen LogP contribution is 2.41. The molecule has 0 heterocycles. The lowest BCUT2D eigenvalue weighted by Gasteiger charge is -2.45. The lowest BCUT2D eigenvalue weighted by atomic mass is 9.65. The van der Waals surface area contributed by atoms with Gasteiger partial charge in [-0.25, -0.2) is 0 Å². The first kappa shape index (κ1) is 13.5. The second kappa shape index (κ2) is 5.17. The summed E-state index contributed by atoms with van der Waals surface area (Å²) in [4.78, 5) is 11.7. The maximum atomic E-state index is 11.7. The summed E-state index contributed by atoms with van der Waals surface area (Å²) < 4.78 is 0. The van der Waals surface area contributed by atoms with Gasteiger partial charge in [0.15, 0.2) is 0 Å². The molecule has 1 rings (SSSR count). The van der Waals surface area contributed by atoms with E-state index in [9.17, 15) is 9.90 Å². The number of carboxylic acids is 1. The van der Waals surface area contributed by atoms with Gasteiger partial charge in [0.25, 0.3) is 0 Å². The standard InChI is InChI=1S/C13H25NO2/c1-5-14-13(12(15)16)8-10(4)6-7-11(13)9(2)3/h9-11,14H,5-8H2,1-4H3,(H,15,16). The van der Waals surface area contributed by atoms with E-state index in [1.165, 1.54) is 0 Å². The Hall–Kier alpha value is -0.570. The normalized spacial score (nSPS) is 35.3. The van der Waals surface area contributed by atoms with Crippen LogP contribution in [0.3, 0.4) is 0 Å². The first-order chi connectivity index (χ1) is 7.44. The van der Waals surface area contributed by atoms with E-state index >= 15 is 0 Å². The van der Waals surface area contributed by atoms with Gasteiger partial charge in [0.05, 0.1) is 0 Å². The molecule has 94 valence electrons. The van der Waals surface area contributed by atoms with E-state index in [4.69, 9.17) is 0 Å². The van der Waals surface area contributed by atoms with Crippen LogP contribution in [-0.4, -0.2) is 23.2 Å². The van der Waals surface area contributed by atoms with Gasteiger partial charge in [-0.15, -0.1) is 0 Å². The monoisotopic (exact) mass is 227 g/mol. The third kappa shape index (κ3) is 2.40. The van der Waals surface area contributed by atoms with Crippen LogP contribution in [0.4, 0.5) is 0 Å². The Morgan fingerprint density at radius 2 is 2.12 bits per heavy atom. The smallest absolute Gasteiger partial charge is 0.324 e. The van der Waals surface area contributed by atoms with E-state index < -0.39 is 11.5 Å². The first-order valence-corrected chi connectivity index (χ1v) is 6.42. The highest BCUT2D eigenvalue weighted by molar-refractivity contribution is 5.79. The average molecular weight is 227 g/mol. The van der Waals surface area contributed by atoms with Crippen molar-refractivity contribution >= 4 is 5.97 Å². The van der Waals surface area contributed by atoms with Crippen LogP contribution in [0.2, 0.25) is 0 Å². The first-order valence-electron chi connectivity index (χ1n) is 6.42. The Bertz CT molecular complexity index is 252. The topological polar surface area (TPSA) is 49.3 Å². The molecular weight excluding hydrogens is 202 g/mol. The molecule has 1 saturated carbocycles. The molecule has 0 aromatic carbocycles. The van der Waals surface area contributed by atoms with Crippen molar-refractivity contribution < 1.29 is 9.90 Å². The molecule has 1 aliphatic rings. The minimum atomic E-state index is -0.694. The maximum absolute atomic E-state index is 11.7. The summed E-state index contributed by atoms with van der Waals surface area (Å²) in [5, 5.41) is 12.9. The van der Waals surface area contributed by atoms with Crippen LogP contribution in [-0.2, 0) is 4.79 Å². The summed E-state index contributed by atoms with van der Waals surface area (Å²) in [6, 6.07) is 0. The van der Waals surface area contributed by atoms with Crippen LogP contribution in [0.15, 0.2) is 0 Å². The zero-order valence-electron chi connectivity index (χ0n) is 10.9. The number of carbonyl (C=O) groups is 1. The van der Waals surface area contributed by atoms with Crippen LogP contribution >= 0.6 is 0 Å². The van der Waals surface area contributed by atoms with Crippen LogP contribution in [0.1, 0.15) is 47.0 Å². The average Bonchev–Trinajstić information content (AvgIpc) is 2.17. The van der Waals surface area contributed by atoms with Gasteiger partial charge < -0.3 is 10.4 Å². The Kier molecular flexibility index (Phi) is 4.36. The van der Waals surface area contributed by atoms with E-state index in [2.05, 4.69) is 26.1 Å². The third-order valence-corrected chi connectivity index (χ3v) is 3.95. The van der Waals surface area contributed by atoms with Crippen LogP contribution in [0.25, 0.3) is 0 Å². The maximum Gasteiger partial charge on any atom is 0.324 e.